The van der Waals surface area contributed by atoms with E-state index in [2.05, 4.69) is 9.97 Å². The van der Waals surface area contributed by atoms with Gasteiger partial charge in [-0.2, -0.15) is 0 Å². The first kappa shape index (κ1) is 9.67. The van der Waals surface area contributed by atoms with Gasteiger partial charge in [0.05, 0.1) is 17.4 Å². The zero-order valence-electron chi connectivity index (χ0n) is 7.84. The molecule has 2 aromatic rings. The summed E-state index contributed by atoms with van der Waals surface area (Å²) in [6.07, 6.45) is 0.228. The molecule has 0 aliphatic carbocycles. The number of nitrogens with one attached hydrogen (secondary N) is 1. The number of para-hydroxylation sites is 1. The van der Waals surface area contributed by atoms with Crippen LogP contribution in [0.1, 0.15) is 5.56 Å². The molecule has 3 N–H and O–H groups in total. The topological polar surface area (TPSA) is 86.2 Å². The molecule has 1 aromatic carbocycles. The van der Waals surface area contributed by atoms with Crippen molar-refractivity contribution in [1.82, 2.24) is 9.97 Å². The lowest BCUT2D eigenvalue weighted by Gasteiger charge is -2.05. The van der Waals surface area contributed by atoms with E-state index in [4.69, 9.17) is 5.11 Å². The minimum atomic E-state index is -1.38. The van der Waals surface area contributed by atoms with Crippen molar-refractivity contribution >= 4 is 17.0 Å². The van der Waals surface area contributed by atoms with Crippen LogP contribution < -0.4 is 0 Å². The number of fused-ring (bicyclic) bond motifs is 1. The van der Waals surface area contributed by atoms with Gasteiger partial charge >= 0.3 is 5.97 Å². The lowest BCUT2D eigenvalue weighted by Crippen LogP contribution is -2.22. The van der Waals surface area contributed by atoms with Crippen molar-refractivity contribution in [2.45, 2.75) is 12.5 Å². The predicted molar refractivity (Wildman–Crippen MR) is 53.4 cm³/mol. The fourth-order valence-corrected chi connectivity index (χ4v) is 1.49. The number of aromatic amines is 1. The molecule has 15 heavy (non-hydrogen) atoms. The molecule has 78 valence electrons. The number of carboxylic acids is 1. The molecule has 5 heteroatoms. The van der Waals surface area contributed by atoms with Crippen LogP contribution in [-0.4, -0.2) is 32.3 Å². The van der Waals surface area contributed by atoms with Crippen LogP contribution in [-0.2, 0) is 11.2 Å². The lowest BCUT2D eigenvalue weighted by atomic mass is 10.1. The third-order valence-corrected chi connectivity index (χ3v) is 2.23. The molecular formula is C10H10N2O3. The van der Waals surface area contributed by atoms with Gasteiger partial charge in [0.2, 0.25) is 0 Å². The number of imidazole rings is 1. The van der Waals surface area contributed by atoms with Crippen LogP contribution in [0.3, 0.4) is 0 Å². The maximum absolute atomic E-state index is 10.5. The van der Waals surface area contributed by atoms with E-state index >= 15 is 0 Å². The Balaban J connectivity index is 2.35. The number of aliphatic carboxylic acids is 1. The SMILES string of the molecule is O=C(O)C(O)Cc1cccc2[nH]cnc12. The summed E-state index contributed by atoms with van der Waals surface area (Å²) in [4.78, 5) is 17.5. The molecule has 0 spiro atoms. The van der Waals surface area contributed by atoms with Gasteiger partial charge in [0.25, 0.3) is 0 Å². The standard InChI is InChI=1S/C10H10N2O3/c13-8(10(14)15)4-6-2-1-3-7-9(6)12-5-11-7/h1-3,5,8,13H,4H2,(H,11,12)(H,14,15). The summed E-state index contributed by atoms with van der Waals surface area (Å²) in [6, 6.07) is 5.40. The number of carboxylic acid groups (broad SMARTS) is 1. The molecule has 0 amide bonds. The summed E-state index contributed by atoms with van der Waals surface area (Å²) in [5, 5.41) is 17.8. The van der Waals surface area contributed by atoms with Gasteiger partial charge in [0.1, 0.15) is 0 Å². The first-order valence-corrected chi connectivity index (χ1v) is 4.50. The van der Waals surface area contributed by atoms with Gasteiger partial charge in [-0.25, -0.2) is 9.78 Å². The number of benzene rings is 1. The Kier molecular flexibility index (Phi) is 2.39. The number of aromatic nitrogens is 2. The van der Waals surface area contributed by atoms with E-state index < -0.39 is 12.1 Å². The van der Waals surface area contributed by atoms with Crippen molar-refractivity contribution in [2.75, 3.05) is 0 Å². The van der Waals surface area contributed by atoms with E-state index in [9.17, 15) is 9.90 Å². The van der Waals surface area contributed by atoms with Crippen LogP contribution in [0.4, 0.5) is 0 Å². The zero-order chi connectivity index (χ0) is 10.8. The normalized spacial score (nSPS) is 12.9. The largest absolute Gasteiger partial charge is 0.479 e. The van der Waals surface area contributed by atoms with Crippen LogP contribution in [0.2, 0.25) is 0 Å². The summed E-state index contributed by atoms with van der Waals surface area (Å²) in [5.41, 5.74) is 2.27. The smallest absolute Gasteiger partial charge is 0.332 e. The molecule has 1 aromatic heterocycles. The molecule has 0 aliphatic rings. The summed E-state index contributed by atoms with van der Waals surface area (Å²) < 4.78 is 0. The Morgan fingerprint density at radius 2 is 2.33 bits per heavy atom. The molecule has 0 saturated carbocycles. The third-order valence-electron chi connectivity index (χ3n) is 2.23. The molecule has 0 radical (unpaired) electrons. The average Bonchev–Trinajstić information content (AvgIpc) is 2.66. The quantitative estimate of drug-likeness (QED) is 0.684. The van der Waals surface area contributed by atoms with Crippen LogP contribution in [0.5, 0.6) is 0 Å². The highest BCUT2D eigenvalue weighted by atomic mass is 16.4. The number of hydrogen-bond donors (Lipinski definition) is 3. The Morgan fingerprint density at radius 3 is 3.07 bits per heavy atom. The highest BCUT2D eigenvalue weighted by Gasteiger charge is 2.15. The molecule has 1 unspecified atom stereocenters. The Morgan fingerprint density at radius 1 is 1.53 bits per heavy atom. The van der Waals surface area contributed by atoms with E-state index in [0.29, 0.717) is 5.52 Å². The summed E-state index contributed by atoms with van der Waals surface area (Å²) in [6.45, 7) is 0. The molecule has 5 nitrogen and oxygen atoms in total. The molecule has 1 atom stereocenters. The molecular weight excluding hydrogens is 196 g/mol. The third kappa shape index (κ3) is 1.82. The molecule has 2 rings (SSSR count). The van der Waals surface area contributed by atoms with Gasteiger partial charge in [-0.3, -0.25) is 0 Å². The second-order valence-electron chi connectivity index (χ2n) is 3.27. The maximum Gasteiger partial charge on any atom is 0.332 e. The molecule has 0 bridgehead atoms. The van der Waals surface area contributed by atoms with Gasteiger partial charge in [-0.1, -0.05) is 12.1 Å². The van der Waals surface area contributed by atoms with Gasteiger partial charge < -0.3 is 15.2 Å². The van der Waals surface area contributed by atoms with Crippen LogP contribution in [0, 0.1) is 0 Å². The van der Waals surface area contributed by atoms with Crippen molar-refractivity contribution in [1.29, 1.82) is 0 Å². The average molecular weight is 206 g/mol. The molecule has 0 aliphatic heterocycles. The van der Waals surface area contributed by atoms with Gasteiger partial charge in [0, 0.05) is 6.42 Å². The lowest BCUT2D eigenvalue weighted by molar-refractivity contribution is -0.146. The van der Waals surface area contributed by atoms with Gasteiger partial charge in [-0.05, 0) is 11.6 Å². The van der Waals surface area contributed by atoms with Crippen molar-refractivity contribution in [3.8, 4) is 0 Å². The summed E-state index contributed by atoms with van der Waals surface area (Å²) >= 11 is 0. The summed E-state index contributed by atoms with van der Waals surface area (Å²) in [7, 11) is 0. The number of aliphatic hydroxyl groups excluding tert-OH is 1. The van der Waals surface area contributed by atoms with Crippen LogP contribution >= 0.6 is 0 Å². The van der Waals surface area contributed by atoms with Gasteiger partial charge in [0.15, 0.2) is 6.10 Å². The fraction of sp³-hybridized carbons (Fsp3) is 0.200. The van der Waals surface area contributed by atoms with Crippen molar-refractivity contribution in [3.63, 3.8) is 0 Å². The first-order valence-electron chi connectivity index (χ1n) is 4.50. The van der Waals surface area contributed by atoms with E-state index in [1.54, 1.807) is 18.5 Å². The Bertz CT molecular complexity index is 492. The van der Waals surface area contributed by atoms with E-state index in [-0.39, 0.29) is 6.42 Å². The number of carbonyl (C=O) groups is 1. The Hall–Kier alpha value is -1.88. The zero-order valence-corrected chi connectivity index (χ0v) is 7.84. The highest BCUT2D eigenvalue weighted by Crippen LogP contribution is 2.16. The maximum atomic E-state index is 10.5. The van der Waals surface area contributed by atoms with Crippen molar-refractivity contribution in [2.24, 2.45) is 0 Å². The Labute approximate surface area is 85.4 Å². The number of aliphatic hydroxyl groups is 1. The van der Waals surface area contributed by atoms with E-state index in [0.717, 1.165) is 11.1 Å². The fourth-order valence-electron chi connectivity index (χ4n) is 1.49. The van der Waals surface area contributed by atoms with E-state index in [1.807, 2.05) is 6.07 Å². The monoisotopic (exact) mass is 206 g/mol. The number of nitrogens with zero attached hydrogens (tertiary/aromatic N) is 1. The highest BCUT2D eigenvalue weighted by molar-refractivity contribution is 5.79. The van der Waals surface area contributed by atoms with Crippen molar-refractivity contribution in [3.05, 3.63) is 30.1 Å². The first-order chi connectivity index (χ1) is 7.18. The minimum absolute atomic E-state index is 0.0670. The number of rotatable bonds is 3. The molecule has 0 fully saturated rings. The van der Waals surface area contributed by atoms with Crippen molar-refractivity contribution < 1.29 is 15.0 Å². The van der Waals surface area contributed by atoms with Gasteiger partial charge in [-0.15, -0.1) is 0 Å². The second-order valence-corrected chi connectivity index (χ2v) is 3.27. The van der Waals surface area contributed by atoms with E-state index in [1.165, 1.54) is 0 Å². The van der Waals surface area contributed by atoms with Crippen LogP contribution in [0.15, 0.2) is 24.5 Å². The second kappa shape index (κ2) is 3.70. The number of hydrogen-bond acceptors (Lipinski definition) is 3. The minimum Gasteiger partial charge on any atom is -0.479 e. The predicted octanol–water partition coefficient (Wildman–Crippen LogP) is 0.551. The molecule has 0 saturated heterocycles. The van der Waals surface area contributed by atoms with Crippen LogP contribution in [0.25, 0.3) is 11.0 Å². The number of H-pyrrole nitrogens is 1. The molecule has 1 heterocycles. The summed E-state index contributed by atoms with van der Waals surface area (Å²) in [5.74, 6) is -1.22.